The maximum absolute atomic E-state index is 5.36. The Morgan fingerprint density at radius 2 is 2.20 bits per heavy atom. The van der Waals surface area contributed by atoms with Crippen molar-refractivity contribution in [3.63, 3.8) is 0 Å². The molecule has 0 unspecified atom stereocenters. The van der Waals surface area contributed by atoms with Gasteiger partial charge in [0, 0.05) is 38.0 Å². The quantitative estimate of drug-likeness (QED) is 0.747. The molecule has 0 spiro atoms. The Bertz CT molecular complexity index is 801. The number of ether oxygens (including phenoxy) is 1. The molecular formula is C13H15N5OS. The number of imidazole rings is 1. The van der Waals surface area contributed by atoms with E-state index in [4.69, 9.17) is 17.0 Å². The van der Waals surface area contributed by atoms with Gasteiger partial charge in [0.25, 0.3) is 0 Å². The Morgan fingerprint density at radius 1 is 1.35 bits per heavy atom. The highest BCUT2D eigenvalue weighted by atomic mass is 32.1. The zero-order valence-electron chi connectivity index (χ0n) is 11.3. The number of nitrogens with one attached hydrogen (secondary N) is 1. The zero-order valence-corrected chi connectivity index (χ0v) is 12.1. The van der Waals surface area contributed by atoms with E-state index in [0.717, 1.165) is 29.8 Å². The molecule has 0 aliphatic heterocycles. The van der Waals surface area contributed by atoms with Crippen LogP contribution in [0.1, 0.15) is 5.69 Å². The molecule has 0 saturated carbocycles. The van der Waals surface area contributed by atoms with E-state index in [1.165, 1.54) is 0 Å². The summed E-state index contributed by atoms with van der Waals surface area (Å²) < 4.78 is 9.69. The van der Waals surface area contributed by atoms with E-state index in [1.54, 1.807) is 13.3 Å². The minimum absolute atomic E-state index is 0.584. The normalized spacial score (nSPS) is 11.1. The third-order valence-electron chi connectivity index (χ3n) is 3.32. The fourth-order valence-corrected chi connectivity index (χ4v) is 2.49. The van der Waals surface area contributed by atoms with E-state index in [2.05, 4.69) is 15.1 Å². The number of aryl methyl sites for hydroxylation is 3. The lowest BCUT2D eigenvalue weighted by atomic mass is 10.3. The van der Waals surface area contributed by atoms with E-state index in [1.807, 2.05) is 34.5 Å². The van der Waals surface area contributed by atoms with Gasteiger partial charge in [-0.3, -0.25) is 4.68 Å². The van der Waals surface area contributed by atoms with Gasteiger partial charge in [0.2, 0.25) is 5.88 Å². The summed E-state index contributed by atoms with van der Waals surface area (Å²) in [4.78, 5) is 7.62. The van der Waals surface area contributed by atoms with Crippen molar-refractivity contribution in [1.82, 2.24) is 24.3 Å². The number of hydrogen-bond acceptors (Lipinski definition) is 4. The summed E-state index contributed by atoms with van der Waals surface area (Å²) in [6.45, 7) is 0.749. The van der Waals surface area contributed by atoms with Crippen molar-refractivity contribution in [2.24, 2.45) is 7.05 Å². The summed E-state index contributed by atoms with van der Waals surface area (Å²) in [7, 11) is 3.54. The summed E-state index contributed by atoms with van der Waals surface area (Å²) in [6, 6.07) is 5.75. The van der Waals surface area contributed by atoms with Crippen molar-refractivity contribution in [3.8, 4) is 5.88 Å². The van der Waals surface area contributed by atoms with Gasteiger partial charge in [0.15, 0.2) is 10.4 Å². The van der Waals surface area contributed by atoms with Gasteiger partial charge in [-0.05, 0) is 24.4 Å². The largest absolute Gasteiger partial charge is 0.481 e. The Labute approximate surface area is 121 Å². The molecule has 0 saturated heterocycles. The molecule has 3 aromatic heterocycles. The van der Waals surface area contributed by atoms with Crippen LogP contribution in [0.15, 0.2) is 24.4 Å². The maximum Gasteiger partial charge on any atom is 0.215 e. The van der Waals surface area contributed by atoms with Crippen LogP contribution >= 0.6 is 12.2 Å². The molecule has 0 radical (unpaired) electrons. The second-order valence-electron chi connectivity index (χ2n) is 4.50. The first kappa shape index (κ1) is 12.9. The van der Waals surface area contributed by atoms with Crippen LogP contribution in [0, 0.1) is 4.77 Å². The first-order valence-corrected chi connectivity index (χ1v) is 6.70. The van der Waals surface area contributed by atoms with Crippen molar-refractivity contribution in [2.45, 2.75) is 13.0 Å². The number of aromatic amines is 1. The lowest BCUT2D eigenvalue weighted by Crippen LogP contribution is -2.06. The van der Waals surface area contributed by atoms with Crippen LogP contribution < -0.4 is 4.74 Å². The number of H-pyrrole nitrogens is 1. The van der Waals surface area contributed by atoms with E-state index >= 15 is 0 Å². The predicted molar refractivity (Wildman–Crippen MR) is 78.4 cm³/mol. The monoisotopic (exact) mass is 289 g/mol. The number of nitrogens with zero attached hydrogens (tertiary/aromatic N) is 4. The smallest absolute Gasteiger partial charge is 0.215 e. The molecule has 104 valence electrons. The zero-order chi connectivity index (χ0) is 14.1. The highest BCUT2D eigenvalue weighted by Crippen LogP contribution is 2.17. The van der Waals surface area contributed by atoms with Crippen LogP contribution in [0.4, 0.5) is 0 Å². The summed E-state index contributed by atoms with van der Waals surface area (Å²) in [5, 5.41) is 4.17. The lowest BCUT2D eigenvalue weighted by Gasteiger charge is -2.05. The van der Waals surface area contributed by atoms with Crippen molar-refractivity contribution >= 4 is 23.4 Å². The van der Waals surface area contributed by atoms with Gasteiger partial charge in [-0.2, -0.15) is 10.1 Å². The molecule has 0 fully saturated rings. The number of aromatic nitrogens is 5. The Morgan fingerprint density at radius 3 is 2.90 bits per heavy atom. The van der Waals surface area contributed by atoms with Gasteiger partial charge >= 0.3 is 0 Å². The molecule has 0 bridgehead atoms. The molecule has 0 aliphatic rings. The van der Waals surface area contributed by atoms with E-state index in [-0.39, 0.29) is 0 Å². The third-order valence-corrected chi connectivity index (χ3v) is 3.64. The van der Waals surface area contributed by atoms with Crippen molar-refractivity contribution in [2.75, 3.05) is 7.11 Å². The number of methoxy groups -OCH3 is 1. The second kappa shape index (κ2) is 5.09. The van der Waals surface area contributed by atoms with E-state index in [9.17, 15) is 0 Å². The summed E-state index contributed by atoms with van der Waals surface area (Å²) in [6.07, 6.45) is 2.64. The van der Waals surface area contributed by atoms with E-state index in [0.29, 0.717) is 10.7 Å². The fraction of sp³-hybridized carbons (Fsp3) is 0.308. The minimum Gasteiger partial charge on any atom is -0.481 e. The first-order chi connectivity index (χ1) is 9.69. The Balaban J connectivity index is 1.96. The average molecular weight is 289 g/mol. The van der Waals surface area contributed by atoms with Crippen LogP contribution in [-0.2, 0) is 20.0 Å². The van der Waals surface area contributed by atoms with Crippen LogP contribution in [-0.4, -0.2) is 31.4 Å². The first-order valence-electron chi connectivity index (χ1n) is 6.29. The Kier molecular flexibility index (Phi) is 3.27. The van der Waals surface area contributed by atoms with Gasteiger partial charge in [0.05, 0.1) is 12.6 Å². The third kappa shape index (κ3) is 2.20. The van der Waals surface area contributed by atoms with E-state index < -0.39 is 0 Å². The second-order valence-corrected chi connectivity index (χ2v) is 4.89. The highest BCUT2D eigenvalue weighted by molar-refractivity contribution is 7.71. The molecule has 1 N–H and O–H groups in total. The fourth-order valence-electron chi connectivity index (χ4n) is 2.21. The standard InChI is InChI=1S/C13H15N5OS/c1-17-9(5-7-14-17)6-8-18-12-10(15-13(18)20)3-4-11(16-12)19-2/h3-5,7H,6,8H2,1-2H3,(H,15,20). The van der Waals surface area contributed by atoms with Crippen LogP contribution in [0.3, 0.4) is 0 Å². The van der Waals surface area contributed by atoms with Crippen LogP contribution in [0.25, 0.3) is 11.2 Å². The molecule has 20 heavy (non-hydrogen) atoms. The predicted octanol–water partition coefficient (Wildman–Crippen LogP) is 2.08. The molecule has 6 nitrogen and oxygen atoms in total. The number of hydrogen-bond donors (Lipinski definition) is 1. The lowest BCUT2D eigenvalue weighted by molar-refractivity contribution is 0.399. The molecule has 0 atom stereocenters. The van der Waals surface area contributed by atoms with Crippen molar-refractivity contribution < 1.29 is 4.74 Å². The molecule has 3 heterocycles. The molecule has 7 heteroatoms. The van der Waals surface area contributed by atoms with Gasteiger partial charge in [-0.15, -0.1) is 0 Å². The SMILES string of the molecule is COc1ccc2[nH]c(=S)n(CCc3ccnn3C)c2n1. The topological polar surface area (TPSA) is 60.7 Å². The number of fused-ring (bicyclic) bond motifs is 1. The van der Waals surface area contributed by atoms with Gasteiger partial charge in [0.1, 0.15) is 0 Å². The summed E-state index contributed by atoms with van der Waals surface area (Å²) >= 11 is 5.36. The summed E-state index contributed by atoms with van der Waals surface area (Å²) in [5.41, 5.74) is 2.89. The van der Waals surface area contributed by atoms with Crippen molar-refractivity contribution in [3.05, 3.63) is 34.9 Å². The maximum atomic E-state index is 5.36. The number of pyridine rings is 1. The number of rotatable bonds is 4. The van der Waals surface area contributed by atoms with Crippen LogP contribution in [0.2, 0.25) is 0 Å². The molecule has 3 rings (SSSR count). The van der Waals surface area contributed by atoms with Gasteiger partial charge in [-0.25, -0.2) is 0 Å². The molecule has 0 amide bonds. The molecule has 0 aliphatic carbocycles. The minimum atomic E-state index is 0.584. The average Bonchev–Trinajstić information content (AvgIpc) is 2.99. The van der Waals surface area contributed by atoms with Gasteiger partial charge < -0.3 is 14.3 Å². The highest BCUT2D eigenvalue weighted by Gasteiger charge is 2.08. The van der Waals surface area contributed by atoms with Crippen LogP contribution in [0.5, 0.6) is 5.88 Å². The molecule has 3 aromatic rings. The Hall–Kier alpha value is -2.15. The van der Waals surface area contributed by atoms with Gasteiger partial charge in [-0.1, -0.05) is 0 Å². The molecular weight excluding hydrogens is 274 g/mol. The summed E-state index contributed by atoms with van der Waals surface area (Å²) in [5.74, 6) is 0.584. The molecule has 0 aromatic carbocycles. The van der Waals surface area contributed by atoms with Crippen molar-refractivity contribution in [1.29, 1.82) is 0 Å².